The Bertz CT molecular complexity index is 1050. The van der Waals surface area contributed by atoms with Gasteiger partial charge in [-0.05, 0) is 36.6 Å². The summed E-state index contributed by atoms with van der Waals surface area (Å²) in [5.41, 5.74) is 1.53. The molecule has 2 fully saturated rings. The molecule has 1 aliphatic heterocycles. The number of thioether (sulfide) groups is 1. The van der Waals surface area contributed by atoms with Crippen LogP contribution in [0.1, 0.15) is 28.8 Å². The van der Waals surface area contributed by atoms with Gasteiger partial charge in [0, 0.05) is 17.3 Å². The second-order valence-electron chi connectivity index (χ2n) is 6.98. The number of nitrogens with zero attached hydrogens (tertiary/aromatic N) is 4. The molecule has 4 rings (SSSR count). The van der Waals surface area contributed by atoms with E-state index in [0.717, 1.165) is 18.4 Å². The fourth-order valence-electron chi connectivity index (χ4n) is 3.38. The van der Waals surface area contributed by atoms with Gasteiger partial charge in [0.2, 0.25) is 5.91 Å². The average molecular weight is 391 g/mol. The minimum absolute atomic E-state index is 0.163. The lowest BCUT2D eigenvalue weighted by Crippen LogP contribution is -2.42. The summed E-state index contributed by atoms with van der Waals surface area (Å²) in [6.07, 6.45) is 3.19. The van der Waals surface area contributed by atoms with E-state index in [2.05, 4.69) is 22.4 Å². The summed E-state index contributed by atoms with van der Waals surface area (Å²) in [5.74, 6) is 0.407. The fourth-order valence-corrected chi connectivity index (χ4v) is 4.48. The Hall–Kier alpha value is -3.10. The largest absolute Gasteiger partial charge is 0.343 e. The average Bonchev–Trinajstić information content (AvgIpc) is 3.39. The molecule has 1 N–H and O–H groups in total. The van der Waals surface area contributed by atoms with Crippen LogP contribution in [0.4, 0.5) is 0 Å². The van der Waals surface area contributed by atoms with Crippen LogP contribution in [0.2, 0.25) is 0 Å². The quantitative estimate of drug-likeness (QED) is 0.853. The molecule has 1 aromatic heterocycles. The minimum atomic E-state index is -0.451. The minimum Gasteiger partial charge on any atom is -0.343 e. The molecule has 1 unspecified atom stereocenters. The first-order chi connectivity index (χ1) is 13.6. The van der Waals surface area contributed by atoms with E-state index < -0.39 is 11.5 Å². The van der Waals surface area contributed by atoms with Crippen LogP contribution >= 0.6 is 11.8 Å². The molecule has 1 aromatic carbocycles. The number of pyridine rings is 1. The molecule has 2 aromatic rings. The molecule has 2 heterocycles. The van der Waals surface area contributed by atoms with E-state index >= 15 is 0 Å². The van der Waals surface area contributed by atoms with Gasteiger partial charge in [0.05, 0.1) is 41.1 Å². The summed E-state index contributed by atoms with van der Waals surface area (Å²) in [4.78, 5) is 30.9. The second-order valence-corrected chi connectivity index (χ2v) is 7.98. The third kappa shape index (κ3) is 3.17. The summed E-state index contributed by atoms with van der Waals surface area (Å²) >= 11 is 1.52. The maximum atomic E-state index is 12.7. The van der Waals surface area contributed by atoms with Gasteiger partial charge in [0.1, 0.15) is 6.04 Å². The highest BCUT2D eigenvalue weighted by Gasteiger charge is 2.45. The van der Waals surface area contributed by atoms with Crippen molar-refractivity contribution in [1.82, 2.24) is 15.2 Å². The highest BCUT2D eigenvalue weighted by Crippen LogP contribution is 2.48. The normalized spacial score (nSPS) is 19.6. The number of hydrogen-bond acceptors (Lipinski definition) is 6. The van der Waals surface area contributed by atoms with Crippen LogP contribution in [-0.2, 0) is 10.2 Å². The van der Waals surface area contributed by atoms with Crippen LogP contribution in [0.3, 0.4) is 0 Å². The Morgan fingerprint density at radius 1 is 1.32 bits per heavy atom. The van der Waals surface area contributed by atoms with E-state index in [1.807, 2.05) is 18.2 Å². The monoisotopic (exact) mass is 391 g/mol. The van der Waals surface area contributed by atoms with Crippen LogP contribution in [0.15, 0.2) is 30.5 Å². The predicted molar refractivity (Wildman–Crippen MR) is 104 cm³/mol. The number of amides is 2. The third-order valence-electron chi connectivity index (χ3n) is 5.25. The molecule has 7 nitrogen and oxygen atoms in total. The van der Waals surface area contributed by atoms with Gasteiger partial charge in [-0.2, -0.15) is 10.5 Å². The zero-order valence-corrected chi connectivity index (χ0v) is 15.8. The number of aromatic nitrogens is 1. The highest BCUT2D eigenvalue weighted by atomic mass is 32.2. The lowest BCUT2D eigenvalue weighted by Gasteiger charge is -2.18. The second kappa shape index (κ2) is 7.14. The topological polar surface area (TPSA) is 110 Å². The van der Waals surface area contributed by atoms with Crippen molar-refractivity contribution < 1.29 is 9.59 Å². The molecule has 0 radical (unpaired) electrons. The highest BCUT2D eigenvalue weighted by molar-refractivity contribution is 7.99. The van der Waals surface area contributed by atoms with E-state index in [4.69, 9.17) is 5.26 Å². The summed E-state index contributed by atoms with van der Waals surface area (Å²) in [7, 11) is 0. The van der Waals surface area contributed by atoms with Gasteiger partial charge >= 0.3 is 0 Å². The Morgan fingerprint density at radius 3 is 2.86 bits per heavy atom. The molecular weight excluding hydrogens is 374 g/mol. The number of rotatable bonds is 4. The van der Waals surface area contributed by atoms with Gasteiger partial charge in [-0.1, -0.05) is 6.07 Å². The van der Waals surface area contributed by atoms with Crippen molar-refractivity contribution in [1.29, 1.82) is 10.5 Å². The predicted octanol–water partition coefficient (Wildman–Crippen LogP) is 1.94. The van der Waals surface area contributed by atoms with Crippen molar-refractivity contribution in [3.05, 3.63) is 41.6 Å². The SMILES string of the molecule is N#CC1CSCN1C(=O)CNC(=O)c1ccnc2ccc(C3(C#N)CC3)cc12. The third-order valence-corrected chi connectivity index (χ3v) is 6.27. The summed E-state index contributed by atoms with van der Waals surface area (Å²) in [5, 5.41) is 21.9. The Kier molecular flexibility index (Phi) is 4.66. The van der Waals surface area contributed by atoms with Crippen LogP contribution in [0.5, 0.6) is 0 Å². The molecule has 0 bridgehead atoms. The summed E-state index contributed by atoms with van der Waals surface area (Å²) in [6, 6.07) is 11.2. The van der Waals surface area contributed by atoms with E-state index in [9.17, 15) is 14.9 Å². The molecule has 28 heavy (non-hydrogen) atoms. The molecule has 0 spiro atoms. The van der Waals surface area contributed by atoms with Crippen molar-refractivity contribution in [2.45, 2.75) is 24.3 Å². The van der Waals surface area contributed by atoms with Crippen LogP contribution in [0, 0.1) is 22.7 Å². The number of carbonyl (C=O) groups is 2. The summed E-state index contributed by atoms with van der Waals surface area (Å²) in [6.45, 7) is -0.163. The van der Waals surface area contributed by atoms with Gasteiger partial charge in [0.15, 0.2) is 0 Å². The Balaban J connectivity index is 1.54. The van der Waals surface area contributed by atoms with E-state index in [1.165, 1.54) is 16.7 Å². The molecule has 1 aliphatic carbocycles. The first kappa shape index (κ1) is 18.3. The molecule has 8 heteroatoms. The Morgan fingerprint density at radius 2 is 2.14 bits per heavy atom. The van der Waals surface area contributed by atoms with E-state index in [-0.39, 0.29) is 18.4 Å². The van der Waals surface area contributed by atoms with E-state index in [1.54, 1.807) is 12.3 Å². The van der Waals surface area contributed by atoms with Gasteiger partial charge in [-0.25, -0.2) is 0 Å². The molecule has 2 amide bonds. The van der Waals surface area contributed by atoms with Gasteiger partial charge in [-0.3, -0.25) is 14.6 Å². The number of nitriles is 2. The van der Waals surface area contributed by atoms with Crippen molar-refractivity contribution in [2.75, 3.05) is 18.2 Å². The lowest BCUT2D eigenvalue weighted by atomic mass is 9.94. The first-order valence-corrected chi connectivity index (χ1v) is 10.1. The van der Waals surface area contributed by atoms with Crippen LogP contribution in [-0.4, -0.2) is 45.9 Å². The fraction of sp³-hybridized carbons (Fsp3) is 0.350. The van der Waals surface area contributed by atoms with Crippen molar-refractivity contribution >= 4 is 34.5 Å². The number of benzene rings is 1. The Labute approximate surface area is 166 Å². The number of fused-ring (bicyclic) bond motifs is 1. The molecule has 140 valence electrons. The molecule has 2 aliphatic rings. The number of hydrogen-bond donors (Lipinski definition) is 1. The zero-order valence-electron chi connectivity index (χ0n) is 15.0. The van der Waals surface area contributed by atoms with Crippen molar-refractivity contribution in [3.8, 4) is 12.1 Å². The van der Waals surface area contributed by atoms with E-state index in [0.29, 0.717) is 28.1 Å². The molecule has 1 saturated carbocycles. The smallest absolute Gasteiger partial charge is 0.252 e. The van der Waals surface area contributed by atoms with Crippen molar-refractivity contribution in [3.63, 3.8) is 0 Å². The standard InChI is InChI=1S/C20H17N5O2S/c21-8-14-10-28-12-25(14)18(26)9-24-19(27)15-3-6-23-17-2-1-13(7-16(15)17)20(11-22)4-5-20/h1-3,6-7,14H,4-5,9-10,12H2,(H,24,27). The number of carbonyl (C=O) groups excluding carboxylic acids is 2. The maximum Gasteiger partial charge on any atom is 0.252 e. The molecular formula is C20H17N5O2S. The number of nitrogens with one attached hydrogen (secondary N) is 1. The van der Waals surface area contributed by atoms with Crippen LogP contribution in [0.25, 0.3) is 10.9 Å². The lowest BCUT2D eigenvalue weighted by molar-refractivity contribution is -0.129. The van der Waals surface area contributed by atoms with Crippen molar-refractivity contribution in [2.24, 2.45) is 0 Å². The van der Waals surface area contributed by atoms with Crippen LogP contribution < -0.4 is 5.32 Å². The maximum absolute atomic E-state index is 12.7. The molecule has 1 atom stereocenters. The van der Waals surface area contributed by atoms with Gasteiger partial charge in [0.25, 0.3) is 5.91 Å². The van der Waals surface area contributed by atoms with Gasteiger partial charge in [-0.15, -0.1) is 11.8 Å². The molecule has 1 saturated heterocycles. The first-order valence-electron chi connectivity index (χ1n) is 8.93. The summed E-state index contributed by atoms with van der Waals surface area (Å²) < 4.78 is 0. The zero-order chi connectivity index (χ0) is 19.7. The van der Waals surface area contributed by atoms with Gasteiger partial charge < -0.3 is 10.2 Å².